The van der Waals surface area contributed by atoms with Crippen molar-refractivity contribution in [1.29, 1.82) is 0 Å². The molecule has 0 aliphatic carbocycles. The van der Waals surface area contributed by atoms with Gasteiger partial charge in [0.25, 0.3) is 0 Å². The SMILES string of the molecule is CC(C)(C)OC(=O)n1cccc1-c1cccc(Cl)n1. The molecule has 0 amide bonds. The van der Waals surface area contributed by atoms with E-state index in [0.29, 0.717) is 16.5 Å². The highest BCUT2D eigenvalue weighted by Gasteiger charge is 2.20. The molecule has 2 heterocycles. The summed E-state index contributed by atoms with van der Waals surface area (Å²) < 4.78 is 6.76. The minimum Gasteiger partial charge on any atom is -0.443 e. The third kappa shape index (κ3) is 3.35. The van der Waals surface area contributed by atoms with Gasteiger partial charge in [-0.3, -0.25) is 4.57 Å². The van der Waals surface area contributed by atoms with Crippen molar-refractivity contribution in [2.24, 2.45) is 0 Å². The molecule has 0 aliphatic heterocycles. The largest absolute Gasteiger partial charge is 0.443 e. The van der Waals surface area contributed by atoms with E-state index < -0.39 is 11.7 Å². The van der Waals surface area contributed by atoms with Gasteiger partial charge < -0.3 is 4.74 Å². The normalized spacial score (nSPS) is 11.4. The quantitative estimate of drug-likeness (QED) is 0.741. The van der Waals surface area contributed by atoms with Crippen molar-refractivity contribution in [2.75, 3.05) is 0 Å². The van der Waals surface area contributed by atoms with E-state index >= 15 is 0 Å². The molecule has 0 atom stereocenters. The Bertz CT molecular complexity index is 599. The first-order valence-electron chi connectivity index (χ1n) is 5.90. The average Bonchev–Trinajstić information content (AvgIpc) is 2.75. The third-order valence-electron chi connectivity index (χ3n) is 2.32. The predicted octanol–water partition coefficient (Wildman–Crippen LogP) is 3.99. The van der Waals surface area contributed by atoms with E-state index in [1.807, 2.05) is 20.8 Å². The number of hydrogen-bond acceptors (Lipinski definition) is 3. The van der Waals surface area contributed by atoms with Crippen LogP contribution < -0.4 is 0 Å². The molecule has 0 unspecified atom stereocenters. The molecule has 0 spiro atoms. The van der Waals surface area contributed by atoms with Crippen molar-refractivity contribution in [3.05, 3.63) is 41.7 Å². The zero-order chi connectivity index (χ0) is 14.0. The highest BCUT2D eigenvalue weighted by atomic mass is 35.5. The molecule has 2 aromatic rings. The Balaban J connectivity index is 2.35. The van der Waals surface area contributed by atoms with Gasteiger partial charge in [-0.1, -0.05) is 17.7 Å². The minimum absolute atomic E-state index is 0.384. The van der Waals surface area contributed by atoms with Crippen LogP contribution in [-0.4, -0.2) is 21.2 Å². The fraction of sp³-hybridized carbons (Fsp3) is 0.286. The molecule has 19 heavy (non-hydrogen) atoms. The number of pyridine rings is 1. The second kappa shape index (κ2) is 5.05. The number of carbonyl (C=O) groups excluding carboxylic acids is 1. The van der Waals surface area contributed by atoms with Gasteiger partial charge in [0.1, 0.15) is 10.8 Å². The van der Waals surface area contributed by atoms with Crippen LogP contribution in [0.4, 0.5) is 4.79 Å². The van der Waals surface area contributed by atoms with Gasteiger partial charge in [0.2, 0.25) is 0 Å². The Morgan fingerprint density at radius 2 is 2.00 bits per heavy atom. The highest BCUT2D eigenvalue weighted by molar-refractivity contribution is 6.29. The summed E-state index contributed by atoms with van der Waals surface area (Å²) in [4.78, 5) is 16.3. The van der Waals surface area contributed by atoms with Gasteiger partial charge in [0.05, 0.1) is 11.4 Å². The van der Waals surface area contributed by atoms with Crippen molar-refractivity contribution in [1.82, 2.24) is 9.55 Å². The molecule has 2 aromatic heterocycles. The fourth-order valence-electron chi connectivity index (χ4n) is 1.61. The van der Waals surface area contributed by atoms with Crippen molar-refractivity contribution in [3.8, 4) is 11.4 Å². The summed E-state index contributed by atoms with van der Waals surface area (Å²) in [5, 5.41) is 0.384. The zero-order valence-electron chi connectivity index (χ0n) is 11.1. The molecule has 0 fully saturated rings. The summed E-state index contributed by atoms with van der Waals surface area (Å²) in [6, 6.07) is 8.83. The molecular formula is C14H15ClN2O2. The average molecular weight is 279 g/mol. The van der Waals surface area contributed by atoms with Crippen LogP contribution in [-0.2, 0) is 4.74 Å². The van der Waals surface area contributed by atoms with Gasteiger partial charge in [0.15, 0.2) is 0 Å². The Morgan fingerprint density at radius 1 is 1.26 bits per heavy atom. The van der Waals surface area contributed by atoms with Crippen molar-refractivity contribution >= 4 is 17.7 Å². The Hall–Kier alpha value is -1.81. The first-order valence-corrected chi connectivity index (χ1v) is 6.28. The molecule has 2 rings (SSSR count). The van der Waals surface area contributed by atoms with Crippen LogP contribution in [0, 0.1) is 0 Å². The maximum absolute atomic E-state index is 12.1. The predicted molar refractivity (Wildman–Crippen MR) is 74.3 cm³/mol. The van der Waals surface area contributed by atoms with Gasteiger partial charge in [0, 0.05) is 6.20 Å². The first kappa shape index (κ1) is 13.6. The molecule has 0 N–H and O–H groups in total. The highest BCUT2D eigenvalue weighted by Crippen LogP contribution is 2.21. The van der Waals surface area contributed by atoms with Gasteiger partial charge in [-0.15, -0.1) is 0 Å². The first-order chi connectivity index (χ1) is 8.87. The van der Waals surface area contributed by atoms with Gasteiger partial charge in [-0.25, -0.2) is 9.78 Å². The Kier molecular flexibility index (Phi) is 3.62. The smallest absolute Gasteiger partial charge is 0.419 e. The van der Waals surface area contributed by atoms with E-state index in [1.54, 1.807) is 36.5 Å². The van der Waals surface area contributed by atoms with Crippen LogP contribution >= 0.6 is 11.6 Å². The molecule has 100 valence electrons. The lowest BCUT2D eigenvalue weighted by atomic mass is 10.2. The van der Waals surface area contributed by atoms with E-state index in [-0.39, 0.29) is 0 Å². The lowest BCUT2D eigenvalue weighted by molar-refractivity contribution is 0.0540. The topological polar surface area (TPSA) is 44.1 Å². The van der Waals surface area contributed by atoms with Crippen molar-refractivity contribution in [3.63, 3.8) is 0 Å². The van der Waals surface area contributed by atoms with Crippen LogP contribution in [0.2, 0.25) is 5.15 Å². The van der Waals surface area contributed by atoms with Crippen molar-refractivity contribution < 1.29 is 9.53 Å². The lowest BCUT2D eigenvalue weighted by Crippen LogP contribution is -2.27. The minimum atomic E-state index is -0.541. The molecule has 4 nitrogen and oxygen atoms in total. The second-order valence-corrected chi connectivity index (χ2v) is 5.48. The van der Waals surface area contributed by atoms with E-state index in [4.69, 9.17) is 16.3 Å². The summed E-state index contributed by atoms with van der Waals surface area (Å²) in [6.45, 7) is 5.48. The molecule has 5 heteroatoms. The van der Waals surface area contributed by atoms with Crippen LogP contribution in [0.3, 0.4) is 0 Å². The lowest BCUT2D eigenvalue weighted by Gasteiger charge is -2.20. The summed E-state index contributed by atoms with van der Waals surface area (Å²) in [6.07, 6.45) is 1.21. The summed E-state index contributed by atoms with van der Waals surface area (Å²) in [7, 11) is 0. The Labute approximate surface area is 117 Å². The van der Waals surface area contributed by atoms with Crippen LogP contribution in [0.1, 0.15) is 20.8 Å². The standard InChI is InChI=1S/C14H15ClN2O2/c1-14(2,3)19-13(18)17-9-5-7-11(17)10-6-4-8-12(15)16-10/h4-9H,1-3H3. The monoisotopic (exact) mass is 278 g/mol. The molecule has 0 saturated carbocycles. The number of ether oxygens (including phenoxy) is 1. The van der Waals surface area contributed by atoms with Crippen LogP contribution in [0.5, 0.6) is 0 Å². The molecule has 0 aliphatic rings. The van der Waals surface area contributed by atoms with E-state index in [9.17, 15) is 4.79 Å². The second-order valence-electron chi connectivity index (χ2n) is 5.09. The zero-order valence-corrected chi connectivity index (χ0v) is 11.8. The van der Waals surface area contributed by atoms with Crippen molar-refractivity contribution in [2.45, 2.75) is 26.4 Å². The Morgan fingerprint density at radius 3 is 2.63 bits per heavy atom. The molecular weight excluding hydrogens is 264 g/mol. The number of rotatable bonds is 1. The molecule has 0 radical (unpaired) electrons. The van der Waals surface area contributed by atoms with Gasteiger partial charge in [-0.05, 0) is 45.0 Å². The maximum Gasteiger partial charge on any atom is 0.419 e. The number of carbonyl (C=O) groups is 1. The molecule has 0 saturated heterocycles. The molecule has 0 bridgehead atoms. The summed E-state index contributed by atoms with van der Waals surface area (Å²) >= 11 is 5.86. The van der Waals surface area contributed by atoms with Crippen LogP contribution in [0.25, 0.3) is 11.4 Å². The maximum atomic E-state index is 12.1. The van der Waals surface area contributed by atoms with Crippen LogP contribution in [0.15, 0.2) is 36.5 Å². The summed E-state index contributed by atoms with van der Waals surface area (Å²) in [5.74, 6) is 0. The number of halogens is 1. The number of hydrogen-bond donors (Lipinski definition) is 0. The number of aromatic nitrogens is 2. The number of nitrogens with zero attached hydrogens (tertiary/aromatic N) is 2. The van der Waals surface area contributed by atoms with E-state index in [2.05, 4.69) is 4.98 Å². The third-order valence-corrected chi connectivity index (χ3v) is 2.53. The van der Waals surface area contributed by atoms with E-state index in [1.165, 1.54) is 4.57 Å². The van der Waals surface area contributed by atoms with E-state index in [0.717, 1.165) is 0 Å². The van der Waals surface area contributed by atoms with Gasteiger partial charge >= 0.3 is 6.09 Å². The molecule has 0 aromatic carbocycles. The fourth-order valence-corrected chi connectivity index (χ4v) is 1.77. The van der Waals surface area contributed by atoms with Gasteiger partial charge in [-0.2, -0.15) is 0 Å². The summed E-state index contributed by atoms with van der Waals surface area (Å²) in [5.41, 5.74) is 0.737.